The fraction of sp³-hybridized carbons (Fsp3) is 0.750. The Morgan fingerprint density at radius 2 is 2.31 bits per heavy atom. The highest BCUT2D eigenvalue weighted by Gasteiger charge is 2.31. The van der Waals surface area contributed by atoms with Gasteiger partial charge in [0.05, 0.1) is 11.7 Å². The first-order valence-electron chi connectivity index (χ1n) is 4.57. The Morgan fingerprint density at radius 3 is 2.77 bits per heavy atom. The maximum atomic E-state index is 5.94. The summed E-state index contributed by atoms with van der Waals surface area (Å²) in [6, 6.07) is 0.668. The van der Waals surface area contributed by atoms with Crippen LogP contribution < -0.4 is 4.90 Å². The van der Waals surface area contributed by atoms with Gasteiger partial charge in [-0.05, 0) is 19.3 Å². The van der Waals surface area contributed by atoms with E-state index in [1.807, 2.05) is 0 Å². The summed E-state index contributed by atoms with van der Waals surface area (Å²) in [4.78, 5) is 2.28. The van der Waals surface area contributed by atoms with Crippen molar-refractivity contribution in [1.29, 1.82) is 0 Å². The molecular weight excluding hydrogens is 206 g/mol. The van der Waals surface area contributed by atoms with E-state index in [-0.39, 0.29) is 0 Å². The predicted molar refractivity (Wildman–Crippen MR) is 55.6 cm³/mol. The summed E-state index contributed by atoms with van der Waals surface area (Å²) >= 11 is 7.13. The fourth-order valence-electron chi connectivity index (χ4n) is 1.43. The molecule has 0 radical (unpaired) electrons. The van der Waals surface area contributed by atoms with Crippen LogP contribution in [-0.2, 0) is 0 Å². The standard InChI is InChI=1S/C8H12ClN3S/c1-2-5-12(6-3-4-6)8-7(9)10-13-11-8/h6H,2-5H2,1H3. The monoisotopic (exact) mass is 217 g/mol. The minimum absolute atomic E-state index is 0.561. The van der Waals surface area contributed by atoms with E-state index in [0.29, 0.717) is 11.2 Å². The third kappa shape index (κ3) is 1.94. The van der Waals surface area contributed by atoms with Crippen LogP contribution in [0.3, 0.4) is 0 Å². The molecule has 1 heterocycles. The van der Waals surface area contributed by atoms with Crippen LogP contribution in [0.25, 0.3) is 0 Å². The molecule has 0 unspecified atom stereocenters. The molecule has 0 saturated heterocycles. The summed E-state index contributed by atoms with van der Waals surface area (Å²) in [5.74, 6) is 0.885. The normalized spacial score (nSPS) is 16.2. The van der Waals surface area contributed by atoms with Crippen LogP contribution in [0.1, 0.15) is 26.2 Å². The lowest BCUT2D eigenvalue weighted by Crippen LogP contribution is -2.26. The molecule has 1 aromatic heterocycles. The van der Waals surface area contributed by atoms with Crippen molar-refractivity contribution in [3.63, 3.8) is 0 Å². The topological polar surface area (TPSA) is 29.0 Å². The van der Waals surface area contributed by atoms with Crippen molar-refractivity contribution in [1.82, 2.24) is 8.75 Å². The maximum Gasteiger partial charge on any atom is 0.187 e. The highest BCUT2D eigenvalue weighted by atomic mass is 35.5. The summed E-state index contributed by atoms with van der Waals surface area (Å²) in [6.45, 7) is 3.21. The minimum atomic E-state index is 0.561. The average molecular weight is 218 g/mol. The molecule has 0 spiro atoms. The molecular formula is C8H12ClN3S. The number of hydrogen-bond acceptors (Lipinski definition) is 4. The van der Waals surface area contributed by atoms with Crippen LogP contribution >= 0.6 is 23.3 Å². The molecule has 0 atom stereocenters. The zero-order valence-corrected chi connectivity index (χ0v) is 9.11. The molecule has 1 saturated carbocycles. The Morgan fingerprint density at radius 1 is 1.54 bits per heavy atom. The molecule has 1 aromatic rings. The van der Waals surface area contributed by atoms with Gasteiger partial charge >= 0.3 is 0 Å². The van der Waals surface area contributed by atoms with Crippen molar-refractivity contribution < 1.29 is 0 Å². The average Bonchev–Trinajstić information content (AvgIpc) is 2.86. The summed E-state index contributed by atoms with van der Waals surface area (Å²) in [6.07, 6.45) is 3.67. The number of nitrogens with zero attached hydrogens (tertiary/aromatic N) is 3. The molecule has 2 rings (SSSR count). The molecule has 0 N–H and O–H groups in total. The molecule has 1 fully saturated rings. The van der Waals surface area contributed by atoms with Gasteiger partial charge in [0, 0.05) is 12.6 Å². The number of halogens is 1. The third-order valence-corrected chi connectivity index (χ3v) is 3.03. The molecule has 72 valence electrons. The fourth-order valence-corrected chi connectivity index (χ4v) is 2.19. The van der Waals surface area contributed by atoms with Crippen LogP contribution in [0.2, 0.25) is 5.15 Å². The Hall–Kier alpha value is -0.350. The van der Waals surface area contributed by atoms with Crippen molar-refractivity contribution in [2.45, 2.75) is 32.2 Å². The lowest BCUT2D eigenvalue weighted by atomic mass is 10.4. The van der Waals surface area contributed by atoms with Crippen molar-refractivity contribution in [3.05, 3.63) is 5.15 Å². The zero-order chi connectivity index (χ0) is 9.26. The smallest absolute Gasteiger partial charge is 0.187 e. The third-order valence-electron chi connectivity index (χ3n) is 2.16. The Kier molecular flexibility index (Phi) is 2.69. The summed E-state index contributed by atoms with van der Waals surface area (Å²) in [7, 11) is 0. The lowest BCUT2D eigenvalue weighted by molar-refractivity contribution is 0.755. The Bertz CT molecular complexity index is 285. The van der Waals surface area contributed by atoms with Crippen molar-refractivity contribution >= 4 is 29.1 Å². The highest BCUT2D eigenvalue weighted by molar-refractivity contribution is 6.99. The van der Waals surface area contributed by atoms with Gasteiger partial charge in [0.15, 0.2) is 11.0 Å². The minimum Gasteiger partial charge on any atom is -0.350 e. The van der Waals surface area contributed by atoms with Crippen LogP contribution in [0.5, 0.6) is 0 Å². The summed E-state index contributed by atoms with van der Waals surface area (Å²) in [5, 5.41) is 0.561. The van der Waals surface area contributed by atoms with Gasteiger partial charge < -0.3 is 4.90 Å². The first kappa shape index (κ1) is 9.21. The number of rotatable bonds is 4. The molecule has 1 aliphatic carbocycles. The molecule has 1 aliphatic rings. The second kappa shape index (κ2) is 3.80. The van der Waals surface area contributed by atoms with Gasteiger partial charge in [-0.2, -0.15) is 8.75 Å². The van der Waals surface area contributed by atoms with E-state index < -0.39 is 0 Å². The molecule has 13 heavy (non-hydrogen) atoms. The van der Waals surface area contributed by atoms with E-state index in [1.165, 1.54) is 24.6 Å². The maximum absolute atomic E-state index is 5.94. The highest BCUT2D eigenvalue weighted by Crippen LogP contribution is 2.34. The largest absolute Gasteiger partial charge is 0.350 e. The quantitative estimate of drug-likeness (QED) is 0.777. The van der Waals surface area contributed by atoms with Gasteiger partial charge in [0.1, 0.15) is 0 Å². The van der Waals surface area contributed by atoms with Crippen molar-refractivity contribution in [2.75, 3.05) is 11.4 Å². The number of aromatic nitrogens is 2. The van der Waals surface area contributed by atoms with Gasteiger partial charge in [-0.15, -0.1) is 0 Å². The lowest BCUT2D eigenvalue weighted by Gasteiger charge is -2.20. The predicted octanol–water partition coefficient (Wildman–Crippen LogP) is 2.57. The Balaban J connectivity index is 2.14. The van der Waals surface area contributed by atoms with E-state index in [1.54, 1.807) is 0 Å². The number of anilines is 1. The van der Waals surface area contributed by atoms with Gasteiger partial charge in [0.2, 0.25) is 0 Å². The summed E-state index contributed by atoms with van der Waals surface area (Å²) < 4.78 is 8.20. The van der Waals surface area contributed by atoms with Crippen LogP contribution in [0, 0.1) is 0 Å². The Labute approximate surface area is 87.0 Å². The van der Waals surface area contributed by atoms with Crippen molar-refractivity contribution in [2.24, 2.45) is 0 Å². The van der Waals surface area contributed by atoms with E-state index in [9.17, 15) is 0 Å². The van der Waals surface area contributed by atoms with Gasteiger partial charge in [0.25, 0.3) is 0 Å². The van der Waals surface area contributed by atoms with Crippen LogP contribution in [0.4, 0.5) is 5.82 Å². The van der Waals surface area contributed by atoms with E-state index in [2.05, 4.69) is 20.6 Å². The first-order valence-corrected chi connectivity index (χ1v) is 5.68. The van der Waals surface area contributed by atoms with Gasteiger partial charge in [-0.25, -0.2) is 0 Å². The van der Waals surface area contributed by atoms with E-state index in [4.69, 9.17) is 11.6 Å². The number of hydrogen-bond donors (Lipinski definition) is 0. The van der Waals surface area contributed by atoms with Crippen LogP contribution in [-0.4, -0.2) is 21.3 Å². The molecule has 0 aromatic carbocycles. The van der Waals surface area contributed by atoms with E-state index in [0.717, 1.165) is 18.8 Å². The summed E-state index contributed by atoms with van der Waals surface area (Å²) in [5.41, 5.74) is 0. The van der Waals surface area contributed by atoms with Gasteiger partial charge in [-0.3, -0.25) is 0 Å². The molecule has 0 bridgehead atoms. The molecule has 0 amide bonds. The zero-order valence-electron chi connectivity index (χ0n) is 7.53. The second-order valence-corrected chi connectivity index (χ2v) is 4.19. The molecule has 0 aliphatic heterocycles. The molecule has 5 heteroatoms. The van der Waals surface area contributed by atoms with Crippen molar-refractivity contribution in [3.8, 4) is 0 Å². The SMILES string of the molecule is CCCN(c1nsnc1Cl)C1CC1. The van der Waals surface area contributed by atoms with E-state index >= 15 is 0 Å². The molecule has 3 nitrogen and oxygen atoms in total. The second-order valence-electron chi connectivity index (χ2n) is 3.30. The van der Waals surface area contributed by atoms with Gasteiger partial charge in [-0.1, -0.05) is 18.5 Å². The van der Waals surface area contributed by atoms with Crippen LogP contribution in [0.15, 0.2) is 0 Å². The first-order chi connectivity index (χ1) is 6.33.